The molecule has 0 bridgehead atoms. The average Bonchev–Trinajstić information content (AvgIpc) is 3.27. The molecule has 2 aliphatic heterocycles. The van der Waals surface area contributed by atoms with Crippen molar-refractivity contribution < 1.29 is 9.53 Å². The van der Waals surface area contributed by atoms with Crippen LogP contribution >= 0.6 is 24.8 Å². The first kappa shape index (κ1) is 24.6. The number of rotatable bonds is 5. The van der Waals surface area contributed by atoms with Crippen LogP contribution in [0.5, 0.6) is 0 Å². The maximum atomic E-state index is 13.4. The van der Waals surface area contributed by atoms with E-state index < -0.39 is 0 Å². The Bertz CT molecular complexity index is 783. The van der Waals surface area contributed by atoms with Gasteiger partial charge in [0.05, 0.1) is 18.8 Å². The van der Waals surface area contributed by atoms with Crippen LogP contribution in [0.25, 0.3) is 0 Å². The van der Waals surface area contributed by atoms with Crippen LogP contribution in [0.2, 0.25) is 0 Å². The lowest BCUT2D eigenvalue weighted by atomic mass is 9.96. The van der Waals surface area contributed by atoms with Gasteiger partial charge in [-0.1, -0.05) is 42.5 Å². The Morgan fingerprint density at radius 2 is 1.63 bits per heavy atom. The lowest BCUT2D eigenvalue weighted by Gasteiger charge is -2.42. The smallest absolute Gasteiger partial charge is 0.254 e. The predicted molar refractivity (Wildman–Crippen MR) is 124 cm³/mol. The zero-order valence-electron chi connectivity index (χ0n) is 17.1. The summed E-state index contributed by atoms with van der Waals surface area (Å²) in [7, 11) is 0. The number of hydrogen-bond donors (Lipinski definition) is 1. The van der Waals surface area contributed by atoms with Gasteiger partial charge in [0, 0.05) is 25.2 Å². The van der Waals surface area contributed by atoms with Crippen molar-refractivity contribution in [3.63, 3.8) is 0 Å². The average molecular weight is 452 g/mol. The Kier molecular flexibility index (Phi) is 9.59. The number of amides is 1. The topological polar surface area (TPSA) is 58.8 Å². The summed E-state index contributed by atoms with van der Waals surface area (Å²) in [5.74, 6) is 0.0622. The maximum Gasteiger partial charge on any atom is 0.254 e. The monoisotopic (exact) mass is 451 g/mol. The minimum Gasteiger partial charge on any atom is -0.373 e. The maximum absolute atomic E-state index is 13.4. The summed E-state index contributed by atoms with van der Waals surface area (Å²) in [4.78, 5) is 17.9. The van der Waals surface area contributed by atoms with Gasteiger partial charge in [0.1, 0.15) is 0 Å². The highest BCUT2D eigenvalue weighted by Gasteiger charge is 2.37. The summed E-state index contributed by atoms with van der Waals surface area (Å²) in [6.07, 6.45) is 2.49. The summed E-state index contributed by atoms with van der Waals surface area (Å²) in [6, 6.07) is 17.9. The molecule has 2 atom stereocenters. The first-order valence-corrected chi connectivity index (χ1v) is 10.2. The van der Waals surface area contributed by atoms with E-state index in [9.17, 15) is 4.79 Å². The molecule has 2 fully saturated rings. The normalized spacial score (nSPS) is 21.6. The van der Waals surface area contributed by atoms with Gasteiger partial charge in [-0.05, 0) is 49.2 Å². The van der Waals surface area contributed by atoms with E-state index in [1.165, 1.54) is 12.8 Å². The summed E-state index contributed by atoms with van der Waals surface area (Å²) >= 11 is 0. The molecule has 2 heterocycles. The molecule has 7 heteroatoms. The minimum atomic E-state index is -0.0720. The van der Waals surface area contributed by atoms with Crippen LogP contribution in [0.1, 0.15) is 40.4 Å². The molecule has 0 aromatic heterocycles. The first-order valence-electron chi connectivity index (χ1n) is 10.2. The number of nitrogens with zero attached hydrogens (tertiary/aromatic N) is 2. The van der Waals surface area contributed by atoms with Gasteiger partial charge in [-0.15, -0.1) is 24.8 Å². The molecule has 0 aliphatic carbocycles. The fourth-order valence-electron chi connectivity index (χ4n) is 4.33. The van der Waals surface area contributed by atoms with E-state index in [4.69, 9.17) is 10.5 Å². The molecule has 5 nitrogen and oxygen atoms in total. The number of nitrogens with two attached hydrogens (primary N) is 1. The van der Waals surface area contributed by atoms with E-state index in [0.29, 0.717) is 25.3 Å². The molecule has 1 amide bonds. The third-order valence-electron chi connectivity index (χ3n) is 5.83. The number of carbonyl (C=O) groups is 1. The van der Waals surface area contributed by atoms with Crippen molar-refractivity contribution in [1.82, 2.24) is 9.80 Å². The van der Waals surface area contributed by atoms with E-state index in [1.54, 1.807) is 0 Å². The van der Waals surface area contributed by atoms with Crippen molar-refractivity contribution in [2.24, 2.45) is 5.73 Å². The Morgan fingerprint density at radius 3 is 2.27 bits per heavy atom. The minimum absolute atomic E-state index is 0. The molecule has 0 radical (unpaired) electrons. The van der Waals surface area contributed by atoms with Gasteiger partial charge in [-0.25, -0.2) is 0 Å². The van der Waals surface area contributed by atoms with Gasteiger partial charge in [-0.3, -0.25) is 4.79 Å². The highest BCUT2D eigenvalue weighted by atomic mass is 35.5. The molecule has 0 saturated carbocycles. The Labute approximate surface area is 191 Å². The zero-order valence-corrected chi connectivity index (χ0v) is 18.7. The van der Waals surface area contributed by atoms with Crippen LogP contribution in [0.15, 0.2) is 54.6 Å². The first-order chi connectivity index (χ1) is 13.8. The van der Waals surface area contributed by atoms with Gasteiger partial charge in [0.15, 0.2) is 0 Å². The molecular formula is C23H31Cl2N3O2. The number of hydrogen-bond acceptors (Lipinski definition) is 4. The number of likely N-dealkylation sites (tertiary alicyclic amines) is 1. The lowest BCUT2D eigenvalue weighted by Crippen LogP contribution is -2.51. The van der Waals surface area contributed by atoms with E-state index in [2.05, 4.69) is 17.0 Å². The molecule has 0 spiro atoms. The SMILES string of the molecule is Cl.Cl.NCc1ccc(C(=O)N2CCO[C@@H](CN3CCCC3)[C@@H]2c2ccccc2)cc1. The predicted octanol–water partition coefficient (Wildman–Crippen LogP) is 3.67. The Morgan fingerprint density at radius 1 is 0.967 bits per heavy atom. The van der Waals surface area contributed by atoms with Gasteiger partial charge >= 0.3 is 0 Å². The van der Waals surface area contributed by atoms with E-state index in [-0.39, 0.29) is 42.9 Å². The quantitative estimate of drug-likeness (QED) is 0.752. The van der Waals surface area contributed by atoms with E-state index >= 15 is 0 Å². The second-order valence-corrected chi connectivity index (χ2v) is 7.67. The zero-order chi connectivity index (χ0) is 19.3. The Balaban J connectivity index is 0.00000160. The van der Waals surface area contributed by atoms with Crippen molar-refractivity contribution in [2.75, 3.05) is 32.8 Å². The van der Waals surface area contributed by atoms with Crippen molar-refractivity contribution in [3.05, 3.63) is 71.3 Å². The molecule has 2 aromatic rings. The van der Waals surface area contributed by atoms with Gasteiger partial charge in [0.25, 0.3) is 5.91 Å². The highest BCUT2D eigenvalue weighted by Crippen LogP contribution is 2.32. The van der Waals surface area contributed by atoms with Crippen LogP contribution in [0, 0.1) is 0 Å². The standard InChI is InChI=1S/C23H29N3O2.2ClH/c24-16-18-8-10-20(11-9-18)23(27)26-14-15-28-21(17-25-12-4-5-13-25)22(26)19-6-2-1-3-7-19;;/h1-3,6-11,21-22H,4-5,12-17,24H2;2*1H/t21-,22-;;/m0../s1. The summed E-state index contributed by atoms with van der Waals surface area (Å²) in [5.41, 5.74) is 8.57. The van der Waals surface area contributed by atoms with Crippen LogP contribution in [0.4, 0.5) is 0 Å². The van der Waals surface area contributed by atoms with Crippen LogP contribution in [0.3, 0.4) is 0 Å². The molecule has 2 N–H and O–H groups in total. The number of carbonyl (C=O) groups excluding carboxylic acids is 1. The number of morpholine rings is 1. The van der Waals surface area contributed by atoms with Crippen LogP contribution in [-0.4, -0.2) is 54.6 Å². The van der Waals surface area contributed by atoms with Crippen LogP contribution in [-0.2, 0) is 11.3 Å². The van der Waals surface area contributed by atoms with E-state index in [0.717, 1.165) is 30.8 Å². The fraction of sp³-hybridized carbons (Fsp3) is 0.435. The summed E-state index contributed by atoms with van der Waals surface area (Å²) in [5, 5.41) is 0. The van der Waals surface area contributed by atoms with Gasteiger partial charge in [-0.2, -0.15) is 0 Å². The third-order valence-corrected chi connectivity index (χ3v) is 5.83. The van der Waals surface area contributed by atoms with E-state index in [1.807, 2.05) is 47.4 Å². The Hall–Kier alpha value is -1.63. The second-order valence-electron chi connectivity index (χ2n) is 7.67. The molecule has 4 rings (SSSR count). The van der Waals surface area contributed by atoms with Crippen LogP contribution < -0.4 is 5.73 Å². The molecule has 2 aromatic carbocycles. The van der Waals surface area contributed by atoms with Gasteiger partial charge < -0.3 is 20.3 Å². The lowest BCUT2D eigenvalue weighted by molar-refractivity contribution is -0.0707. The van der Waals surface area contributed by atoms with Crippen molar-refractivity contribution in [3.8, 4) is 0 Å². The highest BCUT2D eigenvalue weighted by molar-refractivity contribution is 5.94. The number of ether oxygens (including phenoxy) is 1. The fourth-order valence-corrected chi connectivity index (χ4v) is 4.33. The molecule has 0 unspecified atom stereocenters. The molecule has 2 aliphatic rings. The number of halogens is 2. The molecule has 2 saturated heterocycles. The molecular weight excluding hydrogens is 421 g/mol. The van der Waals surface area contributed by atoms with Crippen molar-refractivity contribution in [2.45, 2.75) is 31.5 Å². The van der Waals surface area contributed by atoms with Gasteiger partial charge in [0.2, 0.25) is 0 Å². The third kappa shape index (κ3) is 5.54. The summed E-state index contributed by atoms with van der Waals surface area (Å²) < 4.78 is 6.21. The molecule has 30 heavy (non-hydrogen) atoms. The molecule has 164 valence electrons. The summed E-state index contributed by atoms with van der Waals surface area (Å²) in [6.45, 7) is 4.78. The van der Waals surface area contributed by atoms with Crippen molar-refractivity contribution in [1.29, 1.82) is 0 Å². The second kappa shape index (κ2) is 11.7. The number of benzene rings is 2. The largest absolute Gasteiger partial charge is 0.373 e. The van der Waals surface area contributed by atoms with Crippen molar-refractivity contribution >= 4 is 30.7 Å².